The van der Waals surface area contributed by atoms with Crippen molar-refractivity contribution in [3.05, 3.63) is 81.0 Å². The Balaban J connectivity index is 1.70. The molecule has 0 saturated heterocycles. The number of carbonyl (C=O) groups is 1. The normalized spacial score (nSPS) is 10.7. The molecule has 1 aromatic heterocycles. The lowest BCUT2D eigenvalue weighted by Crippen LogP contribution is -2.05. The molecule has 0 fully saturated rings. The van der Waals surface area contributed by atoms with Crippen molar-refractivity contribution >= 4 is 29.2 Å². The third kappa shape index (κ3) is 3.89. The average Bonchev–Trinajstić information content (AvgIpc) is 3.06. The van der Waals surface area contributed by atoms with Crippen LogP contribution in [-0.2, 0) is 11.3 Å². The second-order valence-corrected chi connectivity index (χ2v) is 6.53. The predicted octanol–water partition coefficient (Wildman–Crippen LogP) is 6.23. The first kappa shape index (κ1) is 17.6. The van der Waals surface area contributed by atoms with Gasteiger partial charge in [-0.1, -0.05) is 35.3 Å². The number of ether oxygens (including phenoxy) is 1. The van der Waals surface area contributed by atoms with Gasteiger partial charge in [0, 0.05) is 5.56 Å². The molecule has 0 spiro atoms. The highest BCUT2D eigenvalue weighted by Gasteiger charge is 2.13. The van der Waals surface area contributed by atoms with E-state index in [1.54, 1.807) is 30.3 Å². The molecule has 0 aliphatic rings. The van der Waals surface area contributed by atoms with Crippen LogP contribution in [0.15, 0.2) is 52.9 Å². The van der Waals surface area contributed by atoms with Crippen LogP contribution in [0.5, 0.6) is 0 Å². The largest absolute Gasteiger partial charge is 0.457 e. The smallest absolute Gasteiger partial charge is 0.338 e. The molecule has 0 N–H and O–H groups in total. The fourth-order valence-corrected chi connectivity index (χ4v) is 2.78. The molecule has 3 nitrogen and oxygen atoms in total. The van der Waals surface area contributed by atoms with Gasteiger partial charge in [-0.2, -0.15) is 0 Å². The summed E-state index contributed by atoms with van der Waals surface area (Å²) in [4.78, 5) is 12.2. The lowest BCUT2D eigenvalue weighted by atomic mass is 10.1. The summed E-state index contributed by atoms with van der Waals surface area (Å²) in [5, 5.41) is 0.885. The van der Waals surface area contributed by atoms with Gasteiger partial charge in [-0.25, -0.2) is 4.79 Å². The number of hydrogen-bond acceptors (Lipinski definition) is 3. The minimum absolute atomic E-state index is 0.0456. The Morgan fingerprint density at radius 3 is 2.60 bits per heavy atom. The van der Waals surface area contributed by atoms with Crippen LogP contribution in [0.25, 0.3) is 11.3 Å². The van der Waals surface area contributed by atoms with E-state index in [0.29, 0.717) is 32.7 Å². The molecule has 2 aromatic carbocycles. The van der Waals surface area contributed by atoms with Gasteiger partial charge in [-0.3, -0.25) is 0 Å². The fourth-order valence-electron chi connectivity index (χ4n) is 2.38. The first-order chi connectivity index (χ1) is 12.0. The zero-order valence-corrected chi connectivity index (χ0v) is 15.3. The van der Waals surface area contributed by atoms with E-state index in [0.717, 1.165) is 11.1 Å². The van der Waals surface area contributed by atoms with E-state index in [1.165, 1.54) is 0 Å². The minimum Gasteiger partial charge on any atom is -0.457 e. The van der Waals surface area contributed by atoms with E-state index in [1.807, 2.05) is 32.0 Å². The van der Waals surface area contributed by atoms with Crippen LogP contribution in [0.4, 0.5) is 0 Å². The van der Waals surface area contributed by atoms with Crippen molar-refractivity contribution < 1.29 is 13.9 Å². The van der Waals surface area contributed by atoms with Gasteiger partial charge in [0.05, 0.1) is 15.6 Å². The molecule has 128 valence electrons. The lowest BCUT2D eigenvalue weighted by Gasteiger charge is -2.06. The van der Waals surface area contributed by atoms with Crippen molar-refractivity contribution in [3.8, 4) is 11.3 Å². The monoisotopic (exact) mass is 374 g/mol. The van der Waals surface area contributed by atoms with Crippen molar-refractivity contribution in [2.45, 2.75) is 20.5 Å². The van der Waals surface area contributed by atoms with Gasteiger partial charge in [-0.05, 0) is 61.4 Å². The number of esters is 1. The van der Waals surface area contributed by atoms with Gasteiger partial charge in [-0.15, -0.1) is 0 Å². The Kier molecular flexibility index (Phi) is 5.16. The molecule has 3 aromatic rings. The lowest BCUT2D eigenvalue weighted by molar-refractivity contribution is 0.0446. The van der Waals surface area contributed by atoms with E-state index >= 15 is 0 Å². The van der Waals surface area contributed by atoms with Crippen LogP contribution >= 0.6 is 23.2 Å². The maximum Gasteiger partial charge on any atom is 0.338 e. The van der Waals surface area contributed by atoms with Crippen LogP contribution in [0.2, 0.25) is 10.0 Å². The van der Waals surface area contributed by atoms with E-state index in [9.17, 15) is 4.79 Å². The van der Waals surface area contributed by atoms with Gasteiger partial charge in [0.25, 0.3) is 0 Å². The van der Waals surface area contributed by atoms with E-state index in [-0.39, 0.29) is 12.6 Å². The van der Waals surface area contributed by atoms with Crippen molar-refractivity contribution in [1.82, 2.24) is 0 Å². The average molecular weight is 375 g/mol. The Bertz CT molecular complexity index is 928. The number of halogens is 2. The standard InChI is InChI=1S/C20H16Cl2O3/c1-12-6-7-14(10-13(12)2)20(23)24-11-15-8-9-18(25-15)16-4-3-5-17(21)19(16)22/h3-10H,11H2,1-2H3. The molecule has 0 atom stereocenters. The van der Waals surface area contributed by atoms with Crippen LogP contribution in [-0.4, -0.2) is 5.97 Å². The number of furan rings is 1. The van der Waals surface area contributed by atoms with Crippen LogP contribution in [0.1, 0.15) is 27.2 Å². The molecule has 1 heterocycles. The summed E-state index contributed by atoms with van der Waals surface area (Å²) in [6.45, 7) is 4.00. The zero-order valence-electron chi connectivity index (χ0n) is 13.8. The molecule has 0 amide bonds. The van der Waals surface area contributed by atoms with Gasteiger partial charge < -0.3 is 9.15 Å². The Morgan fingerprint density at radius 2 is 1.84 bits per heavy atom. The Hall–Kier alpha value is -2.23. The molecular weight excluding hydrogens is 359 g/mol. The topological polar surface area (TPSA) is 39.4 Å². The number of hydrogen-bond donors (Lipinski definition) is 0. The highest BCUT2D eigenvalue weighted by Crippen LogP contribution is 2.34. The first-order valence-corrected chi connectivity index (χ1v) is 8.49. The van der Waals surface area contributed by atoms with Crippen molar-refractivity contribution in [3.63, 3.8) is 0 Å². The summed E-state index contributed by atoms with van der Waals surface area (Å²) < 4.78 is 11.0. The number of benzene rings is 2. The minimum atomic E-state index is -0.387. The summed E-state index contributed by atoms with van der Waals surface area (Å²) in [6, 6.07) is 14.3. The van der Waals surface area contributed by atoms with Crippen LogP contribution < -0.4 is 0 Å². The second kappa shape index (κ2) is 7.34. The maximum atomic E-state index is 12.2. The van der Waals surface area contributed by atoms with E-state index in [2.05, 4.69) is 0 Å². The van der Waals surface area contributed by atoms with Crippen LogP contribution in [0.3, 0.4) is 0 Å². The van der Waals surface area contributed by atoms with Crippen molar-refractivity contribution in [1.29, 1.82) is 0 Å². The zero-order chi connectivity index (χ0) is 18.0. The van der Waals surface area contributed by atoms with E-state index in [4.69, 9.17) is 32.4 Å². The molecule has 0 unspecified atom stereocenters. The van der Waals surface area contributed by atoms with Crippen LogP contribution in [0, 0.1) is 13.8 Å². The number of rotatable bonds is 4. The summed E-state index contributed by atoms with van der Waals surface area (Å²) in [7, 11) is 0. The fraction of sp³-hybridized carbons (Fsp3) is 0.150. The van der Waals surface area contributed by atoms with Crippen molar-refractivity contribution in [2.75, 3.05) is 0 Å². The summed E-state index contributed by atoms with van der Waals surface area (Å²) in [6.07, 6.45) is 0. The third-order valence-electron chi connectivity index (χ3n) is 3.97. The molecule has 0 aliphatic carbocycles. The highest BCUT2D eigenvalue weighted by atomic mass is 35.5. The van der Waals surface area contributed by atoms with Gasteiger partial charge in [0.15, 0.2) is 0 Å². The maximum absolute atomic E-state index is 12.2. The van der Waals surface area contributed by atoms with Crippen molar-refractivity contribution in [2.24, 2.45) is 0 Å². The first-order valence-electron chi connectivity index (χ1n) is 7.73. The Labute approximate surface area is 156 Å². The van der Waals surface area contributed by atoms with Gasteiger partial charge >= 0.3 is 5.97 Å². The molecule has 3 rings (SSSR count). The molecule has 5 heteroatoms. The Morgan fingerprint density at radius 1 is 1.04 bits per heavy atom. The van der Waals surface area contributed by atoms with E-state index < -0.39 is 0 Å². The summed E-state index contributed by atoms with van der Waals surface area (Å²) >= 11 is 12.2. The third-order valence-corrected chi connectivity index (χ3v) is 4.79. The number of carbonyl (C=O) groups excluding carboxylic acids is 1. The molecule has 0 bridgehead atoms. The number of aryl methyl sites for hydroxylation is 2. The molecular formula is C20H16Cl2O3. The van der Waals surface area contributed by atoms with Gasteiger partial charge in [0.1, 0.15) is 18.1 Å². The summed E-state index contributed by atoms with van der Waals surface area (Å²) in [5.74, 6) is 0.717. The SMILES string of the molecule is Cc1ccc(C(=O)OCc2ccc(-c3cccc(Cl)c3Cl)o2)cc1C. The highest BCUT2D eigenvalue weighted by molar-refractivity contribution is 6.43. The molecule has 0 aliphatic heterocycles. The quantitative estimate of drug-likeness (QED) is 0.508. The summed E-state index contributed by atoms with van der Waals surface area (Å²) in [5.41, 5.74) is 3.39. The molecule has 0 saturated carbocycles. The molecule has 25 heavy (non-hydrogen) atoms. The second-order valence-electron chi connectivity index (χ2n) is 5.74. The molecule has 0 radical (unpaired) electrons. The van der Waals surface area contributed by atoms with Gasteiger partial charge in [0.2, 0.25) is 0 Å². The predicted molar refractivity (Wildman–Crippen MR) is 99.2 cm³/mol.